The molecule has 0 aliphatic carbocycles. The molecular weight excluding hydrogens is 313 g/mol. The van der Waals surface area contributed by atoms with Crippen LogP contribution in [0.4, 0.5) is 0 Å². The van der Waals surface area contributed by atoms with Crippen LogP contribution in [-0.2, 0) is 13.0 Å². The summed E-state index contributed by atoms with van der Waals surface area (Å²) in [5.41, 5.74) is 6.99. The molecule has 0 aliphatic heterocycles. The van der Waals surface area contributed by atoms with Crippen molar-refractivity contribution >= 4 is 34.5 Å². The van der Waals surface area contributed by atoms with Crippen LogP contribution in [0.5, 0.6) is 5.75 Å². The average Bonchev–Trinajstić information content (AvgIpc) is 2.90. The zero-order valence-electron chi connectivity index (χ0n) is 11.2. The lowest BCUT2D eigenvalue weighted by Crippen LogP contribution is -2.21. The maximum atomic E-state index is 6.25. The summed E-state index contributed by atoms with van der Waals surface area (Å²) in [5, 5.41) is 3.17. The minimum Gasteiger partial charge on any atom is -0.486 e. The molecule has 1 atom stereocenters. The molecule has 1 heterocycles. The quantitative estimate of drug-likeness (QED) is 0.816. The predicted octanol–water partition coefficient (Wildman–Crippen LogP) is 4.91. The monoisotopic (exact) mass is 329 g/mol. The standard InChI is InChI=1S/C15H17Cl2NOS/c1-2-12(18)7-10-6-11(16)8-14(17)15(10)19-9-13-4-3-5-20-13/h3-6,8,12H,2,7,9,18H2,1H3. The highest BCUT2D eigenvalue weighted by Gasteiger charge is 2.13. The molecule has 1 aromatic heterocycles. The third-order valence-corrected chi connectivity index (χ3v) is 4.38. The van der Waals surface area contributed by atoms with Crippen LogP contribution in [0.25, 0.3) is 0 Å². The van der Waals surface area contributed by atoms with Crippen molar-refractivity contribution in [1.82, 2.24) is 0 Å². The number of rotatable bonds is 6. The van der Waals surface area contributed by atoms with Crippen molar-refractivity contribution in [2.24, 2.45) is 5.73 Å². The highest BCUT2D eigenvalue weighted by atomic mass is 35.5. The van der Waals surface area contributed by atoms with Crippen LogP contribution >= 0.6 is 34.5 Å². The third-order valence-electron chi connectivity index (χ3n) is 3.03. The number of benzene rings is 1. The molecule has 2 nitrogen and oxygen atoms in total. The molecule has 1 unspecified atom stereocenters. The van der Waals surface area contributed by atoms with Gasteiger partial charge in [-0.1, -0.05) is 36.2 Å². The molecule has 0 aliphatic rings. The molecule has 20 heavy (non-hydrogen) atoms. The first-order valence-electron chi connectivity index (χ1n) is 6.48. The lowest BCUT2D eigenvalue weighted by atomic mass is 10.0. The number of thiophene rings is 1. The highest BCUT2D eigenvalue weighted by molar-refractivity contribution is 7.09. The zero-order chi connectivity index (χ0) is 14.5. The Morgan fingerprint density at radius 2 is 2.15 bits per heavy atom. The Bertz CT molecular complexity index is 557. The van der Waals surface area contributed by atoms with Crippen molar-refractivity contribution in [3.05, 3.63) is 50.1 Å². The average molecular weight is 330 g/mol. The Morgan fingerprint density at radius 1 is 1.35 bits per heavy atom. The molecule has 2 N–H and O–H groups in total. The molecule has 2 rings (SSSR count). The minimum absolute atomic E-state index is 0.0774. The van der Waals surface area contributed by atoms with Crippen LogP contribution < -0.4 is 10.5 Å². The van der Waals surface area contributed by atoms with Gasteiger partial charge in [0.2, 0.25) is 0 Å². The minimum atomic E-state index is 0.0774. The third kappa shape index (κ3) is 4.13. The van der Waals surface area contributed by atoms with Gasteiger partial charge in [0.25, 0.3) is 0 Å². The van der Waals surface area contributed by atoms with Crippen LogP contribution in [0.15, 0.2) is 29.6 Å². The van der Waals surface area contributed by atoms with E-state index in [1.54, 1.807) is 17.4 Å². The van der Waals surface area contributed by atoms with Crippen molar-refractivity contribution in [2.75, 3.05) is 0 Å². The van der Waals surface area contributed by atoms with Gasteiger partial charge in [0.15, 0.2) is 0 Å². The summed E-state index contributed by atoms with van der Waals surface area (Å²) in [5.74, 6) is 0.688. The van der Waals surface area contributed by atoms with Crippen molar-refractivity contribution in [1.29, 1.82) is 0 Å². The maximum Gasteiger partial charge on any atom is 0.141 e. The Labute approximate surface area is 133 Å². The van der Waals surface area contributed by atoms with Gasteiger partial charge in [-0.2, -0.15) is 0 Å². The largest absolute Gasteiger partial charge is 0.486 e. The SMILES string of the molecule is CCC(N)Cc1cc(Cl)cc(Cl)c1OCc1cccs1. The van der Waals surface area contributed by atoms with E-state index in [-0.39, 0.29) is 6.04 Å². The van der Waals surface area contributed by atoms with E-state index < -0.39 is 0 Å². The second-order valence-corrected chi connectivity index (χ2v) is 6.49. The number of hydrogen-bond acceptors (Lipinski definition) is 3. The van der Waals surface area contributed by atoms with Crippen LogP contribution in [0.2, 0.25) is 10.0 Å². The van der Waals surface area contributed by atoms with Gasteiger partial charge < -0.3 is 10.5 Å². The molecule has 0 saturated carbocycles. The topological polar surface area (TPSA) is 35.2 Å². The lowest BCUT2D eigenvalue weighted by Gasteiger charge is -2.16. The molecule has 108 valence electrons. The summed E-state index contributed by atoms with van der Waals surface area (Å²) in [6, 6.07) is 7.70. The molecule has 2 aromatic rings. The fraction of sp³-hybridized carbons (Fsp3) is 0.333. The van der Waals surface area contributed by atoms with E-state index in [1.807, 2.05) is 23.6 Å². The van der Waals surface area contributed by atoms with Gasteiger partial charge in [-0.25, -0.2) is 0 Å². The molecule has 0 radical (unpaired) electrons. The summed E-state index contributed by atoms with van der Waals surface area (Å²) >= 11 is 14.0. The Balaban J connectivity index is 2.20. The van der Waals surface area contributed by atoms with Gasteiger partial charge in [-0.15, -0.1) is 11.3 Å². The van der Waals surface area contributed by atoms with Gasteiger partial charge in [0.05, 0.1) is 5.02 Å². The van der Waals surface area contributed by atoms with E-state index in [9.17, 15) is 0 Å². The fourth-order valence-electron chi connectivity index (χ4n) is 1.89. The van der Waals surface area contributed by atoms with Crippen LogP contribution in [0.3, 0.4) is 0 Å². The summed E-state index contributed by atoms with van der Waals surface area (Å²) in [4.78, 5) is 1.15. The Kier molecular flexibility index (Phi) is 5.73. The van der Waals surface area contributed by atoms with Gasteiger partial charge in [0, 0.05) is 15.9 Å². The molecule has 0 saturated heterocycles. The normalized spacial score (nSPS) is 12.4. The zero-order valence-corrected chi connectivity index (χ0v) is 13.6. The van der Waals surface area contributed by atoms with Gasteiger partial charge in [-0.3, -0.25) is 0 Å². The van der Waals surface area contributed by atoms with Gasteiger partial charge in [0.1, 0.15) is 12.4 Å². The molecule has 5 heteroatoms. The van der Waals surface area contributed by atoms with Crippen molar-refractivity contribution in [2.45, 2.75) is 32.4 Å². The Hall–Kier alpha value is -0.740. The first kappa shape index (κ1) is 15.6. The second-order valence-electron chi connectivity index (χ2n) is 4.62. The first-order valence-corrected chi connectivity index (χ1v) is 8.12. The van der Waals surface area contributed by atoms with Gasteiger partial charge >= 0.3 is 0 Å². The van der Waals surface area contributed by atoms with Gasteiger partial charge in [-0.05, 0) is 42.0 Å². The lowest BCUT2D eigenvalue weighted by molar-refractivity contribution is 0.306. The van der Waals surface area contributed by atoms with E-state index in [1.165, 1.54) is 0 Å². The molecular formula is C15H17Cl2NOS. The maximum absolute atomic E-state index is 6.25. The van der Waals surface area contributed by atoms with Crippen molar-refractivity contribution < 1.29 is 4.74 Å². The number of hydrogen-bond donors (Lipinski definition) is 1. The summed E-state index contributed by atoms with van der Waals surface area (Å²) in [7, 11) is 0. The fourth-order valence-corrected chi connectivity index (χ4v) is 3.10. The molecule has 0 spiro atoms. The van der Waals surface area contributed by atoms with Crippen LogP contribution in [-0.4, -0.2) is 6.04 Å². The Morgan fingerprint density at radius 3 is 2.80 bits per heavy atom. The van der Waals surface area contributed by atoms with E-state index in [0.717, 1.165) is 16.9 Å². The number of ether oxygens (including phenoxy) is 1. The van der Waals surface area contributed by atoms with Crippen molar-refractivity contribution in [3.63, 3.8) is 0 Å². The van der Waals surface area contributed by atoms with E-state index in [2.05, 4.69) is 6.92 Å². The van der Waals surface area contributed by atoms with Crippen LogP contribution in [0.1, 0.15) is 23.8 Å². The first-order chi connectivity index (χ1) is 9.60. The predicted molar refractivity (Wildman–Crippen MR) is 87.1 cm³/mol. The van der Waals surface area contributed by atoms with Crippen molar-refractivity contribution in [3.8, 4) is 5.75 Å². The smallest absolute Gasteiger partial charge is 0.141 e. The summed E-state index contributed by atoms with van der Waals surface area (Å²) in [6.45, 7) is 2.57. The second kappa shape index (κ2) is 7.32. The highest BCUT2D eigenvalue weighted by Crippen LogP contribution is 2.34. The van der Waals surface area contributed by atoms with Crippen LogP contribution in [0, 0.1) is 0 Å². The molecule has 0 bridgehead atoms. The number of nitrogens with two attached hydrogens (primary N) is 1. The molecule has 0 amide bonds. The number of halogens is 2. The summed E-state index contributed by atoms with van der Waals surface area (Å²) in [6.07, 6.45) is 1.60. The van der Waals surface area contributed by atoms with E-state index in [0.29, 0.717) is 28.8 Å². The van der Waals surface area contributed by atoms with E-state index >= 15 is 0 Å². The molecule has 0 fully saturated rings. The molecule has 1 aromatic carbocycles. The summed E-state index contributed by atoms with van der Waals surface area (Å²) < 4.78 is 5.88. The van der Waals surface area contributed by atoms with E-state index in [4.69, 9.17) is 33.7 Å².